The van der Waals surface area contributed by atoms with Crippen molar-refractivity contribution in [3.05, 3.63) is 34.2 Å². The molecule has 0 fully saturated rings. The Morgan fingerprint density at radius 2 is 2.43 bits per heavy atom. The summed E-state index contributed by atoms with van der Waals surface area (Å²) >= 11 is 0. The lowest BCUT2D eigenvalue weighted by molar-refractivity contribution is -0.122. The number of aromatic amines is 1. The summed E-state index contributed by atoms with van der Waals surface area (Å²) in [4.78, 5) is 24.4. The Kier molecular flexibility index (Phi) is 3.41. The maximum absolute atomic E-state index is 11.1. The molecule has 1 atom stereocenters. The fourth-order valence-corrected chi connectivity index (χ4v) is 0.949. The van der Waals surface area contributed by atoms with Crippen molar-refractivity contribution < 1.29 is 4.79 Å². The van der Waals surface area contributed by atoms with E-state index in [1.807, 2.05) is 0 Å². The minimum atomic E-state index is -0.531. The van der Waals surface area contributed by atoms with E-state index in [9.17, 15) is 9.59 Å². The van der Waals surface area contributed by atoms with Gasteiger partial charge in [0.05, 0.1) is 6.04 Å². The summed E-state index contributed by atoms with van der Waals surface area (Å²) in [5.41, 5.74) is 5.92. The van der Waals surface area contributed by atoms with E-state index >= 15 is 0 Å². The van der Waals surface area contributed by atoms with Crippen LogP contribution in [0.2, 0.25) is 0 Å². The SMILES string of the molecule is CC(N)C(=O)NCc1cc[nH]c(=O)c1. The molecule has 1 unspecified atom stereocenters. The second kappa shape index (κ2) is 4.57. The number of carbonyl (C=O) groups is 1. The van der Waals surface area contributed by atoms with Gasteiger partial charge in [-0.1, -0.05) is 0 Å². The van der Waals surface area contributed by atoms with Crippen molar-refractivity contribution in [1.82, 2.24) is 10.3 Å². The predicted molar refractivity (Wildman–Crippen MR) is 52.6 cm³/mol. The van der Waals surface area contributed by atoms with E-state index in [-0.39, 0.29) is 11.5 Å². The van der Waals surface area contributed by atoms with Crippen LogP contribution < -0.4 is 16.6 Å². The highest BCUT2D eigenvalue weighted by molar-refractivity contribution is 5.80. The zero-order valence-corrected chi connectivity index (χ0v) is 7.91. The Labute approximate surface area is 81.3 Å². The molecule has 0 spiro atoms. The molecule has 76 valence electrons. The Hall–Kier alpha value is -1.62. The van der Waals surface area contributed by atoms with Gasteiger partial charge in [-0.2, -0.15) is 0 Å². The van der Waals surface area contributed by atoms with Crippen LogP contribution in [0.3, 0.4) is 0 Å². The van der Waals surface area contributed by atoms with Crippen LogP contribution >= 0.6 is 0 Å². The molecule has 0 radical (unpaired) electrons. The summed E-state index contributed by atoms with van der Waals surface area (Å²) in [7, 11) is 0. The van der Waals surface area contributed by atoms with Gasteiger partial charge in [0.1, 0.15) is 0 Å². The average Bonchev–Trinajstić information content (AvgIpc) is 2.14. The van der Waals surface area contributed by atoms with Crippen LogP contribution in [0.4, 0.5) is 0 Å². The van der Waals surface area contributed by atoms with Crippen LogP contribution in [0.1, 0.15) is 12.5 Å². The number of H-pyrrole nitrogens is 1. The van der Waals surface area contributed by atoms with Crippen LogP contribution in [0.15, 0.2) is 23.1 Å². The molecule has 1 rings (SSSR count). The van der Waals surface area contributed by atoms with Gasteiger partial charge in [0.2, 0.25) is 11.5 Å². The molecule has 1 aromatic heterocycles. The number of hydrogen-bond donors (Lipinski definition) is 3. The molecule has 1 aromatic rings. The summed E-state index contributed by atoms with van der Waals surface area (Å²) in [5, 5.41) is 2.61. The monoisotopic (exact) mass is 195 g/mol. The Morgan fingerprint density at radius 1 is 1.71 bits per heavy atom. The maximum atomic E-state index is 11.1. The normalized spacial score (nSPS) is 12.1. The summed E-state index contributed by atoms with van der Waals surface area (Å²) in [6.45, 7) is 1.93. The standard InChI is InChI=1S/C9H13N3O2/c1-6(10)9(14)12-5-7-2-3-11-8(13)4-7/h2-4,6H,5,10H2,1H3,(H,11,13)(H,12,14). The first-order valence-electron chi connectivity index (χ1n) is 4.30. The smallest absolute Gasteiger partial charge is 0.248 e. The number of pyridine rings is 1. The highest BCUT2D eigenvalue weighted by atomic mass is 16.2. The molecule has 0 aliphatic rings. The number of amides is 1. The van der Waals surface area contributed by atoms with Crippen LogP contribution in [0, 0.1) is 0 Å². The van der Waals surface area contributed by atoms with Gasteiger partial charge in [0.25, 0.3) is 0 Å². The van der Waals surface area contributed by atoms with E-state index in [0.717, 1.165) is 5.56 Å². The molecule has 0 saturated carbocycles. The molecule has 4 N–H and O–H groups in total. The van der Waals surface area contributed by atoms with Gasteiger partial charge in [-0.25, -0.2) is 0 Å². The van der Waals surface area contributed by atoms with E-state index in [4.69, 9.17) is 5.73 Å². The molecule has 0 saturated heterocycles. The van der Waals surface area contributed by atoms with Crippen molar-refractivity contribution in [2.24, 2.45) is 5.73 Å². The van der Waals surface area contributed by atoms with E-state index in [0.29, 0.717) is 6.54 Å². The second-order valence-corrected chi connectivity index (χ2v) is 3.07. The van der Waals surface area contributed by atoms with Crippen LogP contribution in [0.25, 0.3) is 0 Å². The van der Waals surface area contributed by atoms with Gasteiger partial charge in [-0.05, 0) is 18.6 Å². The van der Waals surface area contributed by atoms with Crippen molar-refractivity contribution >= 4 is 5.91 Å². The van der Waals surface area contributed by atoms with Gasteiger partial charge < -0.3 is 16.0 Å². The molecule has 1 amide bonds. The first-order chi connectivity index (χ1) is 6.59. The van der Waals surface area contributed by atoms with Gasteiger partial charge in [-0.15, -0.1) is 0 Å². The number of hydrogen-bond acceptors (Lipinski definition) is 3. The maximum Gasteiger partial charge on any atom is 0.248 e. The topological polar surface area (TPSA) is 88.0 Å². The summed E-state index contributed by atoms with van der Waals surface area (Å²) in [6.07, 6.45) is 1.54. The fourth-order valence-electron chi connectivity index (χ4n) is 0.949. The molecule has 0 bridgehead atoms. The lowest BCUT2D eigenvalue weighted by atomic mass is 10.2. The molecular weight excluding hydrogens is 182 g/mol. The average molecular weight is 195 g/mol. The molecular formula is C9H13N3O2. The van der Waals surface area contributed by atoms with Gasteiger partial charge in [-0.3, -0.25) is 9.59 Å². The number of rotatable bonds is 3. The third kappa shape index (κ3) is 3.02. The van der Waals surface area contributed by atoms with Crippen LogP contribution in [0.5, 0.6) is 0 Å². The van der Waals surface area contributed by atoms with E-state index in [1.54, 1.807) is 13.0 Å². The second-order valence-electron chi connectivity index (χ2n) is 3.07. The van der Waals surface area contributed by atoms with Crippen molar-refractivity contribution in [2.45, 2.75) is 19.5 Å². The lowest BCUT2D eigenvalue weighted by Crippen LogP contribution is -2.37. The molecule has 14 heavy (non-hydrogen) atoms. The zero-order valence-electron chi connectivity index (χ0n) is 7.91. The quantitative estimate of drug-likeness (QED) is 0.598. The number of carbonyl (C=O) groups excluding carboxylic acids is 1. The minimum absolute atomic E-state index is 0.183. The van der Waals surface area contributed by atoms with Crippen molar-refractivity contribution in [3.63, 3.8) is 0 Å². The predicted octanol–water partition coefficient (Wildman–Crippen LogP) is -0.662. The molecule has 0 aliphatic heterocycles. The Bertz CT molecular complexity index is 370. The minimum Gasteiger partial charge on any atom is -0.351 e. The zero-order chi connectivity index (χ0) is 10.6. The summed E-state index contributed by atoms with van der Waals surface area (Å²) in [5.74, 6) is -0.231. The largest absolute Gasteiger partial charge is 0.351 e. The third-order valence-corrected chi connectivity index (χ3v) is 1.72. The number of nitrogens with two attached hydrogens (primary N) is 1. The molecule has 0 aliphatic carbocycles. The summed E-state index contributed by atoms with van der Waals surface area (Å²) in [6, 6.07) is 2.63. The molecule has 0 aromatic carbocycles. The van der Waals surface area contributed by atoms with Gasteiger partial charge in [0, 0.05) is 18.8 Å². The Morgan fingerprint density at radius 3 is 3.00 bits per heavy atom. The van der Waals surface area contributed by atoms with Gasteiger partial charge >= 0.3 is 0 Å². The van der Waals surface area contributed by atoms with Crippen molar-refractivity contribution in [2.75, 3.05) is 0 Å². The first kappa shape index (κ1) is 10.5. The fraction of sp³-hybridized carbons (Fsp3) is 0.333. The number of aromatic nitrogens is 1. The highest BCUT2D eigenvalue weighted by Gasteiger charge is 2.05. The highest BCUT2D eigenvalue weighted by Crippen LogP contribution is 1.91. The van der Waals surface area contributed by atoms with E-state index < -0.39 is 6.04 Å². The van der Waals surface area contributed by atoms with Crippen molar-refractivity contribution in [3.8, 4) is 0 Å². The van der Waals surface area contributed by atoms with Crippen molar-refractivity contribution in [1.29, 1.82) is 0 Å². The lowest BCUT2D eigenvalue weighted by Gasteiger charge is -2.06. The molecule has 5 nitrogen and oxygen atoms in total. The van der Waals surface area contributed by atoms with Crippen LogP contribution in [-0.4, -0.2) is 16.9 Å². The molecule has 1 heterocycles. The third-order valence-electron chi connectivity index (χ3n) is 1.72. The van der Waals surface area contributed by atoms with Crippen LogP contribution in [-0.2, 0) is 11.3 Å². The Balaban J connectivity index is 2.54. The molecule has 5 heteroatoms. The summed E-state index contributed by atoms with van der Waals surface area (Å²) < 4.78 is 0. The van der Waals surface area contributed by atoms with E-state index in [1.165, 1.54) is 12.3 Å². The first-order valence-corrected chi connectivity index (χ1v) is 4.30. The number of nitrogens with one attached hydrogen (secondary N) is 2. The van der Waals surface area contributed by atoms with Gasteiger partial charge in [0.15, 0.2) is 0 Å². The van der Waals surface area contributed by atoms with E-state index in [2.05, 4.69) is 10.3 Å².